The summed E-state index contributed by atoms with van der Waals surface area (Å²) in [4.78, 5) is 14.1. The topological polar surface area (TPSA) is 63.0 Å². The second-order valence-electron chi connectivity index (χ2n) is 8.08. The molecule has 1 atom stereocenters. The fourth-order valence-corrected chi connectivity index (χ4v) is 4.39. The average molecular weight is 370 g/mol. The van der Waals surface area contributed by atoms with Crippen molar-refractivity contribution in [1.82, 2.24) is 29.6 Å². The van der Waals surface area contributed by atoms with Gasteiger partial charge in [0, 0.05) is 32.3 Å². The van der Waals surface area contributed by atoms with Crippen LogP contribution < -0.4 is 4.90 Å². The monoisotopic (exact) mass is 369 g/mol. The minimum absolute atomic E-state index is 0.396. The SMILES string of the molecule is Cc1cnc(C)c(N2CCCC(c3nnc(CN4CCCCC4)n3C)C2)n1. The molecule has 2 aromatic rings. The van der Waals surface area contributed by atoms with E-state index < -0.39 is 0 Å². The maximum absolute atomic E-state index is 4.74. The average Bonchev–Trinajstić information content (AvgIpc) is 3.05. The van der Waals surface area contributed by atoms with Crippen molar-refractivity contribution in [2.75, 3.05) is 31.1 Å². The van der Waals surface area contributed by atoms with Crippen molar-refractivity contribution in [3.8, 4) is 0 Å². The zero-order valence-corrected chi connectivity index (χ0v) is 16.9. The summed E-state index contributed by atoms with van der Waals surface area (Å²) in [6.07, 6.45) is 8.12. The van der Waals surface area contributed by atoms with Gasteiger partial charge in [0.1, 0.15) is 17.5 Å². The summed E-state index contributed by atoms with van der Waals surface area (Å²) in [5.74, 6) is 3.63. The molecule has 0 aromatic carbocycles. The van der Waals surface area contributed by atoms with E-state index in [2.05, 4.69) is 36.6 Å². The number of anilines is 1. The molecule has 4 heterocycles. The lowest BCUT2D eigenvalue weighted by Gasteiger charge is -2.33. The Morgan fingerprint density at radius 2 is 1.85 bits per heavy atom. The van der Waals surface area contributed by atoms with Crippen LogP contribution in [-0.4, -0.2) is 55.8 Å². The highest BCUT2D eigenvalue weighted by molar-refractivity contribution is 5.44. The zero-order valence-electron chi connectivity index (χ0n) is 16.9. The molecule has 2 aromatic heterocycles. The Kier molecular flexibility index (Phi) is 5.38. The molecule has 27 heavy (non-hydrogen) atoms. The largest absolute Gasteiger partial charge is 0.354 e. The number of aryl methyl sites for hydroxylation is 2. The first-order chi connectivity index (χ1) is 13.1. The molecule has 0 aliphatic carbocycles. The highest BCUT2D eigenvalue weighted by Gasteiger charge is 2.28. The van der Waals surface area contributed by atoms with E-state index in [1.54, 1.807) is 0 Å². The Balaban J connectivity index is 1.49. The second kappa shape index (κ2) is 7.92. The molecule has 0 saturated carbocycles. The van der Waals surface area contributed by atoms with Crippen LogP contribution in [0.1, 0.15) is 61.1 Å². The summed E-state index contributed by atoms with van der Waals surface area (Å²) in [6, 6.07) is 0. The van der Waals surface area contributed by atoms with Crippen LogP contribution in [-0.2, 0) is 13.6 Å². The van der Waals surface area contributed by atoms with Gasteiger partial charge in [0.2, 0.25) is 0 Å². The fourth-order valence-electron chi connectivity index (χ4n) is 4.39. The summed E-state index contributed by atoms with van der Waals surface area (Å²) >= 11 is 0. The normalized spacial score (nSPS) is 21.6. The van der Waals surface area contributed by atoms with Gasteiger partial charge in [0.25, 0.3) is 0 Å². The molecule has 146 valence electrons. The van der Waals surface area contributed by atoms with Crippen molar-refractivity contribution in [1.29, 1.82) is 0 Å². The third-order valence-electron chi connectivity index (χ3n) is 5.95. The van der Waals surface area contributed by atoms with Crippen LogP contribution >= 0.6 is 0 Å². The highest BCUT2D eigenvalue weighted by Crippen LogP contribution is 2.29. The summed E-state index contributed by atoms with van der Waals surface area (Å²) < 4.78 is 2.23. The van der Waals surface area contributed by atoms with Crippen LogP contribution in [0.2, 0.25) is 0 Å². The number of hydrogen-bond donors (Lipinski definition) is 0. The number of likely N-dealkylation sites (tertiary alicyclic amines) is 1. The molecule has 1 unspecified atom stereocenters. The van der Waals surface area contributed by atoms with Crippen LogP contribution in [0.15, 0.2) is 6.20 Å². The first-order valence-electron chi connectivity index (χ1n) is 10.3. The predicted molar refractivity (Wildman–Crippen MR) is 106 cm³/mol. The molecular formula is C20H31N7. The third-order valence-corrected chi connectivity index (χ3v) is 5.95. The lowest BCUT2D eigenvalue weighted by Crippen LogP contribution is -2.36. The Morgan fingerprint density at radius 3 is 2.67 bits per heavy atom. The van der Waals surface area contributed by atoms with Gasteiger partial charge in [-0.05, 0) is 52.6 Å². The second-order valence-corrected chi connectivity index (χ2v) is 8.08. The molecule has 0 radical (unpaired) electrons. The molecule has 4 rings (SSSR count). The molecule has 2 aliphatic rings. The molecule has 7 heteroatoms. The van der Waals surface area contributed by atoms with Crippen molar-refractivity contribution in [3.63, 3.8) is 0 Å². The third kappa shape index (κ3) is 3.98. The molecule has 0 N–H and O–H groups in total. The van der Waals surface area contributed by atoms with E-state index >= 15 is 0 Å². The van der Waals surface area contributed by atoms with Crippen molar-refractivity contribution in [3.05, 3.63) is 29.2 Å². The lowest BCUT2D eigenvalue weighted by molar-refractivity contribution is 0.213. The van der Waals surface area contributed by atoms with Crippen molar-refractivity contribution < 1.29 is 0 Å². The molecule has 2 fully saturated rings. The molecule has 0 bridgehead atoms. The van der Waals surface area contributed by atoms with E-state index in [-0.39, 0.29) is 0 Å². The molecule has 0 spiro atoms. The predicted octanol–water partition coefficient (Wildman–Crippen LogP) is 2.59. The Labute approximate surface area is 161 Å². The summed E-state index contributed by atoms with van der Waals surface area (Å²) in [6.45, 7) is 9.32. The van der Waals surface area contributed by atoms with Crippen LogP contribution in [0.3, 0.4) is 0 Å². The van der Waals surface area contributed by atoms with Gasteiger partial charge in [0.15, 0.2) is 0 Å². The molecule has 0 amide bonds. The van der Waals surface area contributed by atoms with Gasteiger partial charge in [-0.15, -0.1) is 10.2 Å². The summed E-state index contributed by atoms with van der Waals surface area (Å²) in [7, 11) is 2.13. The van der Waals surface area contributed by atoms with Gasteiger partial charge in [-0.1, -0.05) is 6.42 Å². The molecule has 2 aliphatic heterocycles. The van der Waals surface area contributed by atoms with E-state index in [4.69, 9.17) is 4.98 Å². The van der Waals surface area contributed by atoms with E-state index in [1.807, 2.05) is 20.0 Å². The Bertz CT molecular complexity index is 779. The van der Waals surface area contributed by atoms with E-state index in [9.17, 15) is 0 Å². The highest BCUT2D eigenvalue weighted by atomic mass is 15.3. The molecule has 2 saturated heterocycles. The van der Waals surface area contributed by atoms with Gasteiger partial charge in [-0.2, -0.15) is 0 Å². The standard InChI is InChI=1S/C20H31N7/c1-15-12-21-16(2)19(22-15)27-11-7-8-17(13-27)20-24-23-18(25(20)3)14-26-9-5-4-6-10-26/h12,17H,4-11,13-14H2,1-3H3. The maximum atomic E-state index is 4.74. The van der Waals surface area contributed by atoms with Crippen LogP contribution in [0.25, 0.3) is 0 Å². The van der Waals surface area contributed by atoms with E-state index in [1.165, 1.54) is 32.4 Å². The Morgan fingerprint density at radius 1 is 1.04 bits per heavy atom. The van der Waals surface area contributed by atoms with Crippen LogP contribution in [0, 0.1) is 13.8 Å². The number of hydrogen-bond acceptors (Lipinski definition) is 6. The van der Waals surface area contributed by atoms with Gasteiger partial charge in [-0.25, -0.2) is 4.98 Å². The quantitative estimate of drug-likeness (QED) is 0.825. The first kappa shape index (κ1) is 18.3. The number of piperidine rings is 2. The van der Waals surface area contributed by atoms with Gasteiger partial charge < -0.3 is 9.47 Å². The smallest absolute Gasteiger partial charge is 0.150 e. The van der Waals surface area contributed by atoms with Crippen LogP contribution in [0.4, 0.5) is 5.82 Å². The number of aromatic nitrogens is 5. The minimum atomic E-state index is 0.396. The number of rotatable bonds is 4. The maximum Gasteiger partial charge on any atom is 0.150 e. The first-order valence-corrected chi connectivity index (χ1v) is 10.3. The summed E-state index contributed by atoms with van der Waals surface area (Å²) in [5, 5.41) is 9.14. The fraction of sp³-hybridized carbons (Fsp3) is 0.700. The molecular weight excluding hydrogens is 338 g/mol. The summed E-state index contributed by atoms with van der Waals surface area (Å²) in [5.41, 5.74) is 1.98. The van der Waals surface area contributed by atoms with E-state index in [0.29, 0.717) is 5.92 Å². The van der Waals surface area contributed by atoms with Gasteiger partial charge >= 0.3 is 0 Å². The van der Waals surface area contributed by atoms with Crippen LogP contribution in [0.5, 0.6) is 0 Å². The zero-order chi connectivity index (χ0) is 18.8. The van der Waals surface area contributed by atoms with Gasteiger partial charge in [0.05, 0.1) is 17.9 Å². The van der Waals surface area contributed by atoms with E-state index in [0.717, 1.165) is 61.3 Å². The van der Waals surface area contributed by atoms with Crippen molar-refractivity contribution >= 4 is 5.82 Å². The minimum Gasteiger partial charge on any atom is -0.354 e. The molecule has 7 nitrogen and oxygen atoms in total. The van der Waals surface area contributed by atoms with Gasteiger partial charge in [-0.3, -0.25) is 9.88 Å². The Hall–Kier alpha value is -2.02. The van der Waals surface area contributed by atoms with Crippen molar-refractivity contribution in [2.24, 2.45) is 7.05 Å². The van der Waals surface area contributed by atoms with Crippen molar-refractivity contribution in [2.45, 2.75) is 58.4 Å². The number of nitrogens with zero attached hydrogens (tertiary/aromatic N) is 7. The lowest BCUT2D eigenvalue weighted by atomic mass is 9.97.